The lowest BCUT2D eigenvalue weighted by Crippen LogP contribution is -2.19. The number of hydrogen-bond acceptors (Lipinski definition) is 10. The molecule has 1 heterocycles. The first-order valence-electron chi connectivity index (χ1n) is 10.6. The normalized spacial score (nSPS) is 10.9. The third-order valence-corrected chi connectivity index (χ3v) is 5.44. The molecule has 0 bridgehead atoms. The molecule has 0 radical (unpaired) electrons. The molecule has 0 saturated heterocycles. The molecule has 0 spiro atoms. The van der Waals surface area contributed by atoms with Gasteiger partial charge in [-0.05, 0) is 42.3 Å². The van der Waals surface area contributed by atoms with Gasteiger partial charge in [-0.1, -0.05) is 35.1 Å². The number of rotatable bonds is 13. The van der Waals surface area contributed by atoms with Gasteiger partial charge in [0.2, 0.25) is 11.0 Å². The maximum atomic E-state index is 11.9. The summed E-state index contributed by atoms with van der Waals surface area (Å²) in [6.07, 6.45) is 1.48. The Morgan fingerprint density at radius 1 is 1.17 bits per heavy atom. The quantitative estimate of drug-likeness (QED) is 0.200. The molecule has 0 fully saturated rings. The van der Waals surface area contributed by atoms with Crippen molar-refractivity contribution < 1.29 is 23.7 Å². The number of nitrogens with zero attached hydrogens (tertiary/aromatic N) is 3. The van der Waals surface area contributed by atoms with Crippen LogP contribution >= 0.6 is 22.9 Å². The number of benzene rings is 2. The SMILES string of the molecule is COc1cc(/C=N/NC(=O)Cc2nnc(N)s2)cc(Cl)c1OCCOCCOc1cccc(C)c1. The highest BCUT2D eigenvalue weighted by molar-refractivity contribution is 7.15. The van der Waals surface area contributed by atoms with Gasteiger partial charge < -0.3 is 24.7 Å². The number of hydrazone groups is 1. The van der Waals surface area contributed by atoms with Crippen molar-refractivity contribution in [2.45, 2.75) is 13.3 Å². The van der Waals surface area contributed by atoms with Crippen molar-refractivity contribution in [3.05, 3.63) is 57.6 Å². The first-order valence-corrected chi connectivity index (χ1v) is 11.8. The standard InChI is InChI=1S/C23H26ClN5O5S/c1-15-4-3-5-17(10-15)33-8-6-32-7-9-34-22-18(24)11-16(12-19(22)31-2)14-26-27-20(30)13-21-28-29-23(25)35-21/h3-5,10-12,14H,6-9,13H2,1-2H3,(H2,25,29)(H,27,30)/b26-14+. The predicted molar refractivity (Wildman–Crippen MR) is 135 cm³/mol. The summed E-state index contributed by atoms with van der Waals surface area (Å²) in [6.45, 7) is 3.51. The van der Waals surface area contributed by atoms with E-state index in [1.165, 1.54) is 13.3 Å². The minimum Gasteiger partial charge on any atom is -0.493 e. The third kappa shape index (κ3) is 8.71. The molecule has 0 aliphatic heterocycles. The van der Waals surface area contributed by atoms with Gasteiger partial charge in [0, 0.05) is 0 Å². The van der Waals surface area contributed by atoms with Gasteiger partial charge in [0.05, 0.1) is 38.0 Å². The predicted octanol–water partition coefficient (Wildman–Crippen LogP) is 3.26. The fraction of sp³-hybridized carbons (Fsp3) is 0.304. The van der Waals surface area contributed by atoms with Crippen molar-refractivity contribution in [1.29, 1.82) is 0 Å². The highest BCUT2D eigenvalue weighted by Crippen LogP contribution is 2.36. The first kappa shape index (κ1) is 26.2. The van der Waals surface area contributed by atoms with E-state index in [0.29, 0.717) is 52.0 Å². The minimum atomic E-state index is -0.348. The van der Waals surface area contributed by atoms with Gasteiger partial charge in [-0.2, -0.15) is 5.10 Å². The monoisotopic (exact) mass is 519 g/mol. The van der Waals surface area contributed by atoms with E-state index in [9.17, 15) is 4.79 Å². The summed E-state index contributed by atoms with van der Waals surface area (Å²) in [5.41, 5.74) is 9.68. The summed E-state index contributed by atoms with van der Waals surface area (Å²) in [7, 11) is 1.51. The molecule has 2 aromatic carbocycles. The highest BCUT2D eigenvalue weighted by Gasteiger charge is 2.12. The molecule has 1 amide bonds. The zero-order valence-electron chi connectivity index (χ0n) is 19.3. The summed E-state index contributed by atoms with van der Waals surface area (Å²) in [4.78, 5) is 11.9. The molecule has 1 aromatic heterocycles. The Kier molecular flexibility index (Phi) is 10.1. The Morgan fingerprint density at radius 3 is 2.69 bits per heavy atom. The van der Waals surface area contributed by atoms with E-state index >= 15 is 0 Å². The molecule has 3 rings (SSSR count). The number of amides is 1. The van der Waals surface area contributed by atoms with Gasteiger partial charge in [-0.15, -0.1) is 10.2 Å². The van der Waals surface area contributed by atoms with Crippen LogP contribution in [0.4, 0.5) is 5.13 Å². The van der Waals surface area contributed by atoms with Gasteiger partial charge in [-0.25, -0.2) is 5.43 Å². The molecule has 0 aliphatic carbocycles. The van der Waals surface area contributed by atoms with Crippen LogP contribution in [-0.4, -0.2) is 55.9 Å². The average molecular weight is 520 g/mol. The smallest absolute Gasteiger partial charge is 0.247 e. The molecule has 0 aliphatic rings. The van der Waals surface area contributed by atoms with Crippen molar-refractivity contribution in [1.82, 2.24) is 15.6 Å². The number of anilines is 1. The fourth-order valence-electron chi connectivity index (χ4n) is 2.88. The lowest BCUT2D eigenvalue weighted by molar-refractivity contribution is -0.120. The van der Waals surface area contributed by atoms with Crippen LogP contribution in [0.1, 0.15) is 16.1 Å². The van der Waals surface area contributed by atoms with Gasteiger partial charge in [-0.3, -0.25) is 4.79 Å². The number of carbonyl (C=O) groups is 1. The van der Waals surface area contributed by atoms with E-state index in [2.05, 4.69) is 20.7 Å². The molecule has 186 valence electrons. The Labute approximate surface area is 212 Å². The second-order valence-corrected chi connectivity index (χ2v) is 8.66. The van der Waals surface area contributed by atoms with Crippen LogP contribution in [0.2, 0.25) is 5.02 Å². The maximum Gasteiger partial charge on any atom is 0.247 e. The molecule has 12 heteroatoms. The van der Waals surface area contributed by atoms with Crippen LogP contribution in [0.5, 0.6) is 17.2 Å². The number of aromatic nitrogens is 2. The van der Waals surface area contributed by atoms with Gasteiger partial charge in [0.15, 0.2) is 11.5 Å². The van der Waals surface area contributed by atoms with Crippen molar-refractivity contribution in [2.24, 2.45) is 5.10 Å². The molecule has 0 atom stereocenters. The minimum absolute atomic E-state index is 0.0309. The van der Waals surface area contributed by atoms with Crippen molar-refractivity contribution in [2.75, 3.05) is 39.3 Å². The zero-order chi connectivity index (χ0) is 25.0. The Balaban J connectivity index is 1.42. The first-order chi connectivity index (χ1) is 16.9. The fourth-order valence-corrected chi connectivity index (χ4v) is 3.76. The molecular weight excluding hydrogens is 494 g/mol. The van der Waals surface area contributed by atoms with Gasteiger partial charge in [0.1, 0.15) is 24.0 Å². The summed E-state index contributed by atoms with van der Waals surface area (Å²) < 4.78 is 22.3. The van der Waals surface area contributed by atoms with E-state index in [1.807, 2.05) is 31.2 Å². The number of nitrogens with two attached hydrogens (primary N) is 1. The number of nitrogen functional groups attached to an aromatic ring is 1. The third-order valence-electron chi connectivity index (χ3n) is 4.41. The number of nitrogens with one attached hydrogen (secondary N) is 1. The summed E-state index contributed by atoms with van der Waals surface area (Å²) in [5.74, 6) is 1.28. The summed E-state index contributed by atoms with van der Waals surface area (Å²) in [6, 6.07) is 11.2. The number of ether oxygens (including phenoxy) is 4. The zero-order valence-corrected chi connectivity index (χ0v) is 20.9. The highest BCUT2D eigenvalue weighted by atomic mass is 35.5. The Hall–Kier alpha value is -3.41. The van der Waals surface area contributed by atoms with E-state index in [-0.39, 0.29) is 18.9 Å². The molecule has 0 saturated carbocycles. The Morgan fingerprint density at radius 2 is 1.97 bits per heavy atom. The number of methoxy groups -OCH3 is 1. The van der Waals surface area contributed by atoms with E-state index < -0.39 is 0 Å². The summed E-state index contributed by atoms with van der Waals surface area (Å²) >= 11 is 7.51. The van der Waals surface area contributed by atoms with Gasteiger partial charge >= 0.3 is 0 Å². The lowest BCUT2D eigenvalue weighted by Gasteiger charge is -2.13. The van der Waals surface area contributed by atoms with E-state index in [0.717, 1.165) is 22.6 Å². The van der Waals surface area contributed by atoms with Crippen molar-refractivity contribution in [3.63, 3.8) is 0 Å². The number of carbonyl (C=O) groups excluding carboxylic acids is 1. The lowest BCUT2D eigenvalue weighted by atomic mass is 10.2. The van der Waals surface area contributed by atoms with Crippen LogP contribution < -0.4 is 25.4 Å². The maximum absolute atomic E-state index is 11.9. The average Bonchev–Trinajstić information content (AvgIpc) is 3.23. The largest absolute Gasteiger partial charge is 0.493 e. The second-order valence-electron chi connectivity index (χ2n) is 7.16. The van der Waals surface area contributed by atoms with Crippen LogP contribution in [0, 0.1) is 6.92 Å². The molecule has 0 unspecified atom stereocenters. The van der Waals surface area contributed by atoms with E-state index in [4.69, 9.17) is 36.3 Å². The van der Waals surface area contributed by atoms with Crippen LogP contribution in [0.25, 0.3) is 0 Å². The van der Waals surface area contributed by atoms with Crippen LogP contribution in [0.15, 0.2) is 41.5 Å². The van der Waals surface area contributed by atoms with Gasteiger partial charge in [0.25, 0.3) is 0 Å². The number of aryl methyl sites for hydroxylation is 1. The molecule has 3 N–H and O–H groups in total. The molecule has 3 aromatic rings. The molecular formula is C23H26ClN5O5S. The number of halogens is 1. The van der Waals surface area contributed by atoms with E-state index in [1.54, 1.807) is 12.1 Å². The molecule has 10 nitrogen and oxygen atoms in total. The van der Waals surface area contributed by atoms with Crippen molar-refractivity contribution in [3.8, 4) is 17.2 Å². The number of hydrogen-bond donors (Lipinski definition) is 2. The second kappa shape index (κ2) is 13.5. The Bertz CT molecular complexity index is 1160. The van der Waals surface area contributed by atoms with Crippen LogP contribution in [0.3, 0.4) is 0 Å². The van der Waals surface area contributed by atoms with Crippen LogP contribution in [-0.2, 0) is 16.0 Å². The summed E-state index contributed by atoms with van der Waals surface area (Å²) in [5, 5.41) is 12.5. The van der Waals surface area contributed by atoms with Crippen molar-refractivity contribution >= 4 is 40.2 Å². The topological polar surface area (TPSA) is 130 Å². The molecule has 35 heavy (non-hydrogen) atoms.